The second kappa shape index (κ2) is 6.24. The Morgan fingerprint density at radius 1 is 1.29 bits per heavy atom. The van der Waals surface area contributed by atoms with Gasteiger partial charge in [-0.15, -0.1) is 0 Å². The van der Waals surface area contributed by atoms with E-state index in [1.54, 1.807) is 0 Å². The molecule has 0 aromatic heterocycles. The average molecular weight is 243 g/mol. The molecule has 1 saturated carbocycles. The van der Waals surface area contributed by atoms with Crippen molar-refractivity contribution < 1.29 is 14.6 Å². The summed E-state index contributed by atoms with van der Waals surface area (Å²) in [6.07, 6.45) is 5.83. The van der Waals surface area contributed by atoms with Gasteiger partial charge < -0.3 is 15.6 Å². The van der Waals surface area contributed by atoms with Gasteiger partial charge in [0.15, 0.2) is 0 Å². The first-order valence-corrected chi connectivity index (χ1v) is 6.52. The summed E-state index contributed by atoms with van der Waals surface area (Å²) in [5.74, 6) is 1.20. The van der Waals surface area contributed by atoms with E-state index >= 15 is 0 Å². The van der Waals surface area contributed by atoms with E-state index in [0.29, 0.717) is 18.4 Å². The minimum absolute atomic E-state index is 0.322. The van der Waals surface area contributed by atoms with Crippen molar-refractivity contribution in [1.29, 1.82) is 0 Å². The molecule has 1 amide bonds. The second-order valence-electron chi connectivity index (χ2n) is 5.79. The Bertz CT molecular complexity index is 245. The molecule has 0 atom stereocenters. The monoisotopic (exact) mass is 243 g/mol. The Hall–Kier alpha value is -0.770. The van der Waals surface area contributed by atoms with Gasteiger partial charge in [-0.05, 0) is 51.4 Å². The Balaban J connectivity index is 2.25. The van der Waals surface area contributed by atoms with Crippen molar-refractivity contribution in [2.45, 2.75) is 58.0 Å². The van der Waals surface area contributed by atoms with E-state index in [4.69, 9.17) is 15.6 Å². The van der Waals surface area contributed by atoms with Crippen LogP contribution in [0.25, 0.3) is 0 Å². The van der Waals surface area contributed by atoms with Crippen molar-refractivity contribution in [1.82, 2.24) is 0 Å². The van der Waals surface area contributed by atoms with Gasteiger partial charge in [-0.3, -0.25) is 0 Å². The molecule has 100 valence electrons. The highest BCUT2D eigenvalue weighted by atomic mass is 16.6. The molecule has 3 N–H and O–H groups in total. The second-order valence-corrected chi connectivity index (χ2v) is 5.79. The third-order valence-electron chi connectivity index (χ3n) is 3.76. The van der Waals surface area contributed by atoms with Crippen LogP contribution in [0.2, 0.25) is 0 Å². The Morgan fingerprint density at radius 3 is 2.29 bits per heavy atom. The zero-order valence-corrected chi connectivity index (χ0v) is 10.9. The van der Waals surface area contributed by atoms with Crippen LogP contribution in [-0.2, 0) is 4.74 Å². The molecule has 0 saturated heterocycles. The summed E-state index contributed by atoms with van der Waals surface area (Å²) in [6.45, 7) is 4.12. The molecule has 0 aromatic carbocycles. The third-order valence-corrected chi connectivity index (χ3v) is 3.76. The van der Waals surface area contributed by atoms with Crippen LogP contribution in [0.3, 0.4) is 0 Å². The largest absolute Gasteiger partial charge is 0.444 e. The lowest BCUT2D eigenvalue weighted by molar-refractivity contribution is 0.0315. The summed E-state index contributed by atoms with van der Waals surface area (Å²) in [6, 6.07) is 0. The number of primary amides is 1. The number of aliphatic hydroxyl groups excluding tert-OH is 1. The standard InChI is InChI=1S/C13H25NO3/c1-13(2,17-12(14)16)8-7-10-3-5-11(9-15)6-4-10/h10-11,15H,3-9H2,1-2H3,(H2,14,16)/t10-,11-. The van der Waals surface area contributed by atoms with E-state index in [1.165, 1.54) is 12.8 Å². The predicted molar refractivity (Wildman–Crippen MR) is 66.5 cm³/mol. The van der Waals surface area contributed by atoms with Gasteiger partial charge in [0.25, 0.3) is 0 Å². The van der Waals surface area contributed by atoms with E-state index in [9.17, 15) is 4.79 Å². The van der Waals surface area contributed by atoms with Crippen molar-refractivity contribution in [3.05, 3.63) is 0 Å². The fraction of sp³-hybridized carbons (Fsp3) is 0.923. The highest BCUT2D eigenvalue weighted by Gasteiger charge is 2.26. The first-order chi connectivity index (χ1) is 7.93. The summed E-state index contributed by atoms with van der Waals surface area (Å²) >= 11 is 0. The van der Waals surface area contributed by atoms with Gasteiger partial charge in [0.05, 0.1) is 0 Å². The lowest BCUT2D eigenvalue weighted by Crippen LogP contribution is -2.32. The van der Waals surface area contributed by atoms with E-state index in [-0.39, 0.29) is 0 Å². The molecule has 0 unspecified atom stereocenters. The van der Waals surface area contributed by atoms with Gasteiger partial charge in [-0.2, -0.15) is 0 Å². The van der Waals surface area contributed by atoms with Gasteiger partial charge in [0.1, 0.15) is 5.60 Å². The maximum Gasteiger partial charge on any atom is 0.405 e. The normalized spacial score (nSPS) is 25.6. The molecule has 0 radical (unpaired) electrons. The van der Waals surface area contributed by atoms with Gasteiger partial charge in [0.2, 0.25) is 0 Å². The van der Waals surface area contributed by atoms with Gasteiger partial charge in [-0.1, -0.05) is 12.8 Å². The lowest BCUT2D eigenvalue weighted by atomic mass is 9.79. The highest BCUT2D eigenvalue weighted by Crippen LogP contribution is 2.33. The number of nitrogens with two attached hydrogens (primary N) is 1. The number of rotatable bonds is 5. The van der Waals surface area contributed by atoms with E-state index in [2.05, 4.69) is 0 Å². The fourth-order valence-corrected chi connectivity index (χ4v) is 2.58. The van der Waals surface area contributed by atoms with Crippen molar-refractivity contribution in [3.63, 3.8) is 0 Å². The average Bonchev–Trinajstić information content (AvgIpc) is 2.25. The zero-order valence-electron chi connectivity index (χ0n) is 10.9. The maximum atomic E-state index is 10.7. The summed E-state index contributed by atoms with van der Waals surface area (Å²) in [5.41, 5.74) is 4.58. The van der Waals surface area contributed by atoms with Crippen molar-refractivity contribution >= 4 is 6.09 Å². The Kier molecular flexibility index (Phi) is 5.25. The third kappa shape index (κ3) is 5.39. The molecule has 0 aliphatic heterocycles. The molecule has 0 heterocycles. The minimum Gasteiger partial charge on any atom is -0.444 e. The van der Waals surface area contributed by atoms with Crippen molar-refractivity contribution in [3.8, 4) is 0 Å². The number of ether oxygens (including phenoxy) is 1. The van der Waals surface area contributed by atoms with Crippen LogP contribution in [0.4, 0.5) is 4.79 Å². The smallest absolute Gasteiger partial charge is 0.405 e. The quantitative estimate of drug-likeness (QED) is 0.779. The SMILES string of the molecule is CC(C)(CC[C@H]1CC[C@H](CO)CC1)OC(N)=O. The van der Waals surface area contributed by atoms with Crippen molar-refractivity contribution in [2.24, 2.45) is 17.6 Å². The first kappa shape index (κ1) is 14.3. The maximum absolute atomic E-state index is 10.7. The molecule has 1 rings (SSSR count). The molecule has 4 heteroatoms. The summed E-state index contributed by atoms with van der Waals surface area (Å²) in [7, 11) is 0. The molecule has 0 aromatic rings. The Labute approximate surface area is 104 Å². The van der Waals surface area contributed by atoms with E-state index < -0.39 is 11.7 Å². The van der Waals surface area contributed by atoms with Crippen LogP contribution in [0.5, 0.6) is 0 Å². The number of hydrogen-bond acceptors (Lipinski definition) is 3. The van der Waals surface area contributed by atoms with E-state index in [1.807, 2.05) is 13.8 Å². The number of aliphatic hydroxyl groups is 1. The van der Waals surface area contributed by atoms with Crippen LogP contribution < -0.4 is 5.73 Å². The minimum atomic E-state index is -0.695. The molecule has 1 fully saturated rings. The summed E-state index contributed by atoms with van der Waals surface area (Å²) < 4.78 is 5.07. The number of hydrogen-bond donors (Lipinski definition) is 2. The van der Waals surface area contributed by atoms with Crippen LogP contribution in [-0.4, -0.2) is 23.4 Å². The molecular weight excluding hydrogens is 218 g/mol. The molecular formula is C13H25NO3. The molecule has 0 bridgehead atoms. The van der Waals surface area contributed by atoms with Crippen LogP contribution in [0.1, 0.15) is 52.4 Å². The van der Waals surface area contributed by atoms with Crippen LogP contribution in [0.15, 0.2) is 0 Å². The predicted octanol–water partition coefficient (Wildman–Crippen LogP) is 2.44. The number of carbonyl (C=O) groups is 1. The van der Waals surface area contributed by atoms with Crippen LogP contribution >= 0.6 is 0 Å². The van der Waals surface area contributed by atoms with Crippen LogP contribution in [0, 0.1) is 11.8 Å². The fourth-order valence-electron chi connectivity index (χ4n) is 2.58. The number of carbonyl (C=O) groups excluding carboxylic acids is 1. The zero-order chi connectivity index (χ0) is 12.9. The van der Waals surface area contributed by atoms with E-state index in [0.717, 1.165) is 25.7 Å². The number of amides is 1. The van der Waals surface area contributed by atoms with Crippen molar-refractivity contribution in [2.75, 3.05) is 6.61 Å². The summed E-state index contributed by atoms with van der Waals surface area (Å²) in [4.78, 5) is 10.7. The highest BCUT2D eigenvalue weighted by molar-refractivity contribution is 5.65. The molecule has 4 nitrogen and oxygen atoms in total. The van der Waals surface area contributed by atoms with Gasteiger partial charge in [0, 0.05) is 6.61 Å². The first-order valence-electron chi connectivity index (χ1n) is 6.52. The topological polar surface area (TPSA) is 72.6 Å². The lowest BCUT2D eigenvalue weighted by Gasteiger charge is -2.30. The molecule has 0 spiro atoms. The molecule has 17 heavy (non-hydrogen) atoms. The Morgan fingerprint density at radius 2 is 1.82 bits per heavy atom. The van der Waals surface area contributed by atoms with Gasteiger partial charge in [-0.25, -0.2) is 4.79 Å². The summed E-state index contributed by atoms with van der Waals surface area (Å²) in [5, 5.41) is 9.06. The molecule has 1 aliphatic carbocycles. The van der Waals surface area contributed by atoms with Gasteiger partial charge >= 0.3 is 6.09 Å². The molecule has 1 aliphatic rings.